The van der Waals surface area contributed by atoms with Crippen LogP contribution in [0.2, 0.25) is 0 Å². The topological polar surface area (TPSA) is 111 Å². The lowest BCUT2D eigenvalue weighted by Crippen LogP contribution is -2.44. The van der Waals surface area contributed by atoms with Crippen molar-refractivity contribution in [3.8, 4) is 5.75 Å². The zero-order valence-corrected chi connectivity index (χ0v) is 13.8. The van der Waals surface area contributed by atoms with Gasteiger partial charge in [0.15, 0.2) is 6.61 Å². The monoisotopic (exact) mass is 393 g/mol. The maximum Gasteiger partial charge on any atom is 0.282 e. The van der Waals surface area contributed by atoms with Gasteiger partial charge in [0.05, 0.1) is 4.92 Å². The van der Waals surface area contributed by atoms with Gasteiger partial charge in [0.25, 0.3) is 17.5 Å². The molecular weight excluding hydrogens is 382 g/mol. The normalized spacial score (nSPS) is 9.88. The number of carbonyl (C=O) groups excluding carboxylic acids is 2. The van der Waals surface area contributed by atoms with Crippen molar-refractivity contribution in [1.29, 1.82) is 0 Å². The summed E-state index contributed by atoms with van der Waals surface area (Å²) in [5.41, 5.74) is 3.73. The van der Waals surface area contributed by atoms with E-state index < -0.39 is 16.7 Å². The van der Waals surface area contributed by atoms with Gasteiger partial charge in [-0.15, -0.1) is 0 Å². The van der Waals surface area contributed by atoms with Gasteiger partial charge in [0, 0.05) is 10.5 Å². The summed E-state index contributed by atoms with van der Waals surface area (Å²) >= 11 is 3.27. The molecule has 2 amide bonds. The number of halogens is 1. The zero-order chi connectivity index (χ0) is 17.5. The first-order chi connectivity index (χ1) is 11.5. The van der Waals surface area contributed by atoms with Crippen molar-refractivity contribution in [3.63, 3.8) is 0 Å². The third-order valence-electron chi connectivity index (χ3n) is 2.84. The van der Waals surface area contributed by atoms with Gasteiger partial charge in [-0.05, 0) is 30.3 Å². The van der Waals surface area contributed by atoms with Gasteiger partial charge in [0.2, 0.25) is 0 Å². The number of carbonyl (C=O) groups is 2. The molecule has 0 bridgehead atoms. The summed E-state index contributed by atoms with van der Waals surface area (Å²) in [6.45, 7) is -0.321. The SMILES string of the molecule is O=C(COc1ccc(Br)cc1)NNC(=O)c1ccccc1[N+](=O)[O-]. The van der Waals surface area contributed by atoms with Crippen LogP contribution in [0.3, 0.4) is 0 Å². The molecule has 2 rings (SSSR count). The van der Waals surface area contributed by atoms with E-state index in [1.807, 2.05) is 0 Å². The van der Waals surface area contributed by atoms with Gasteiger partial charge in [-0.2, -0.15) is 0 Å². The molecule has 2 aromatic rings. The van der Waals surface area contributed by atoms with Crippen LogP contribution in [0, 0.1) is 10.1 Å². The Morgan fingerprint density at radius 3 is 2.42 bits per heavy atom. The summed E-state index contributed by atoms with van der Waals surface area (Å²) in [6, 6.07) is 12.3. The van der Waals surface area contributed by atoms with Gasteiger partial charge in [0.1, 0.15) is 11.3 Å². The number of rotatable bonds is 5. The Balaban J connectivity index is 1.86. The molecule has 124 valence electrons. The van der Waals surface area contributed by atoms with Gasteiger partial charge < -0.3 is 4.74 Å². The second-order valence-electron chi connectivity index (χ2n) is 4.52. The highest BCUT2D eigenvalue weighted by Crippen LogP contribution is 2.17. The minimum atomic E-state index is -0.792. The molecule has 0 unspecified atom stereocenters. The highest BCUT2D eigenvalue weighted by atomic mass is 79.9. The summed E-state index contributed by atoms with van der Waals surface area (Å²) in [6.07, 6.45) is 0. The lowest BCUT2D eigenvalue weighted by molar-refractivity contribution is -0.385. The number of amides is 2. The highest BCUT2D eigenvalue weighted by Gasteiger charge is 2.19. The number of nitrogens with zero attached hydrogens (tertiary/aromatic N) is 1. The molecule has 0 radical (unpaired) electrons. The van der Waals surface area contributed by atoms with Gasteiger partial charge in [-0.1, -0.05) is 28.1 Å². The van der Waals surface area contributed by atoms with Crippen LogP contribution in [-0.2, 0) is 4.79 Å². The third kappa shape index (κ3) is 4.78. The van der Waals surface area contributed by atoms with E-state index in [9.17, 15) is 19.7 Å². The van der Waals surface area contributed by atoms with Gasteiger partial charge >= 0.3 is 0 Å². The number of nitro benzene ring substituents is 1. The molecule has 0 aliphatic rings. The van der Waals surface area contributed by atoms with Crippen LogP contribution in [0.25, 0.3) is 0 Å². The number of para-hydroxylation sites is 1. The maximum absolute atomic E-state index is 11.9. The summed E-state index contributed by atoms with van der Waals surface area (Å²) in [5.74, 6) is -0.914. The van der Waals surface area contributed by atoms with Crippen LogP contribution >= 0.6 is 15.9 Å². The molecule has 0 atom stereocenters. The molecular formula is C15H12BrN3O5. The lowest BCUT2D eigenvalue weighted by atomic mass is 10.2. The predicted molar refractivity (Wildman–Crippen MR) is 88.3 cm³/mol. The second-order valence-corrected chi connectivity index (χ2v) is 5.43. The van der Waals surface area contributed by atoms with E-state index >= 15 is 0 Å². The zero-order valence-electron chi connectivity index (χ0n) is 12.2. The van der Waals surface area contributed by atoms with Crippen LogP contribution in [0.5, 0.6) is 5.75 Å². The first kappa shape index (κ1) is 17.4. The molecule has 8 nitrogen and oxygen atoms in total. The van der Waals surface area contributed by atoms with E-state index in [1.165, 1.54) is 24.3 Å². The minimum Gasteiger partial charge on any atom is -0.484 e. The fourth-order valence-corrected chi connectivity index (χ4v) is 2.00. The van der Waals surface area contributed by atoms with E-state index in [0.29, 0.717) is 5.75 Å². The Morgan fingerprint density at radius 1 is 1.08 bits per heavy atom. The molecule has 0 fully saturated rings. The minimum absolute atomic E-state index is 0.156. The molecule has 2 aromatic carbocycles. The number of hydrazine groups is 1. The number of hydrogen-bond acceptors (Lipinski definition) is 5. The van der Waals surface area contributed by atoms with E-state index in [1.54, 1.807) is 24.3 Å². The molecule has 9 heteroatoms. The van der Waals surface area contributed by atoms with Crippen molar-refractivity contribution in [2.75, 3.05) is 6.61 Å². The van der Waals surface area contributed by atoms with Gasteiger partial charge in [-0.25, -0.2) is 0 Å². The number of hydrogen-bond donors (Lipinski definition) is 2. The van der Waals surface area contributed by atoms with E-state index in [-0.39, 0.29) is 17.9 Å². The number of nitrogens with one attached hydrogen (secondary N) is 2. The first-order valence-corrected chi connectivity index (χ1v) is 7.47. The molecule has 0 heterocycles. The first-order valence-electron chi connectivity index (χ1n) is 6.68. The van der Waals surface area contributed by atoms with E-state index in [0.717, 1.165) is 4.47 Å². The van der Waals surface area contributed by atoms with Crippen molar-refractivity contribution >= 4 is 33.4 Å². The quantitative estimate of drug-likeness (QED) is 0.597. The van der Waals surface area contributed by atoms with Crippen molar-refractivity contribution in [3.05, 3.63) is 68.7 Å². The van der Waals surface area contributed by atoms with Crippen molar-refractivity contribution < 1.29 is 19.2 Å². The molecule has 0 saturated carbocycles. The Bertz CT molecular complexity index is 764. The molecule has 0 aliphatic heterocycles. The average Bonchev–Trinajstić information content (AvgIpc) is 2.59. The standard InChI is InChI=1S/C15H12BrN3O5/c16-10-5-7-11(8-6-10)24-9-14(20)17-18-15(21)12-3-1-2-4-13(12)19(22)23/h1-8H,9H2,(H,17,20)(H,18,21). The Labute approximate surface area is 145 Å². The summed E-state index contributed by atoms with van der Waals surface area (Å²) in [5, 5.41) is 10.9. The number of nitro groups is 1. The van der Waals surface area contributed by atoms with Crippen molar-refractivity contribution in [2.24, 2.45) is 0 Å². The summed E-state index contributed by atoms with van der Waals surface area (Å²) < 4.78 is 6.10. The molecule has 0 saturated heterocycles. The van der Waals surface area contributed by atoms with Crippen LogP contribution in [-0.4, -0.2) is 23.3 Å². The molecule has 0 aliphatic carbocycles. The second kappa shape index (κ2) is 8.06. The Morgan fingerprint density at radius 2 is 1.75 bits per heavy atom. The molecule has 0 spiro atoms. The van der Waals surface area contributed by atoms with Crippen LogP contribution in [0.1, 0.15) is 10.4 Å². The Hall–Kier alpha value is -2.94. The van der Waals surface area contributed by atoms with Gasteiger partial charge in [-0.3, -0.25) is 30.6 Å². The number of benzene rings is 2. The average molecular weight is 394 g/mol. The van der Waals surface area contributed by atoms with Crippen molar-refractivity contribution in [1.82, 2.24) is 10.9 Å². The smallest absolute Gasteiger partial charge is 0.282 e. The summed E-state index contributed by atoms with van der Waals surface area (Å²) in [7, 11) is 0. The fourth-order valence-electron chi connectivity index (χ4n) is 1.73. The maximum atomic E-state index is 11.9. The van der Waals surface area contributed by atoms with Crippen molar-refractivity contribution in [2.45, 2.75) is 0 Å². The fraction of sp³-hybridized carbons (Fsp3) is 0.0667. The van der Waals surface area contributed by atoms with E-state index in [2.05, 4.69) is 26.8 Å². The predicted octanol–water partition coefficient (Wildman–Crippen LogP) is 2.20. The Kier molecular flexibility index (Phi) is 5.85. The lowest BCUT2D eigenvalue weighted by Gasteiger charge is -2.09. The summed E-state index contributed by atoms with van der Waals surface area (Å²) in [4.78, 5) is 33.7. The van der Waals surface area contributed by atoms with Crippen LogP contribution < -0.4 is 15.6 Å². The molecule has 0 aromatic heterocycles. The molecule has 2 N–H and O–H groups in total. The van der Waals surface area contributed by atoms with E-state index in [4.69, 9.17) is 4.74 Å². The number of ether oxygens (including phenoxy) is 1. The largest absolute Gasteiger partial charge is 0.484 e. The molecule has 24 heavy (non-hydrogen) atoms. The highest BCUT2D eigenvalue weighted by molar-refractivity contribution is 9.10. The van der Waals surface area contributed by atoms with Crippen LogP contribution in [0.4, 0.5) is 5.69 Å². The van der Waals surface area contributed by atoms with Crippen LogP contribution in [0.15, 0.2) is 53.0 Å². The third-order valence-corrected chi connectivity index (χ3v) is 3.37.